The molecule has 0 aliphatic rings. The standard InChI is InChI=1S/C13H23ClN4O/c1-4-5-6-18-13(19)12(14)11(9-17-18)16-8-10(2)7-15-3/h9-10,15-16H,4-8H2,1-3H3. The molecule has 0 saturated carbocycles. The van der Waals surface area contributed by atoms with Crippen LogP contribution in [0.25, 0.3) is 0 Å². The van der Waals surface area contributed by atoms with Crippen LogP contribution in [0.5, 0.6) is 0 Å². The van der Waals surface area contributed by atoms with E-state index in [1.54, 1.807) is 6.20 Å². The summed E-state index contributed by atoms with van der Waals surface area (Å²) < 4.78 is 1.42. The van der Waals surface area contributed by atoms with Gasteiger partial charge in [-0.15, -0.1) is 0 Å². The fourth-order valence-electron chi connectivity index (χ4n) is 1.76. The monoisotopic (exact) mass is 286 g/mol. The molecule has 19 heavy (non-hydrogen) atoms. The molecule has 0 radical (unpaired) electrons. The first-order valence-corrected chi connectivity index (χ1v) is 7.12. The smallest absolute Gasteiger partial charge is 0.287 e. The molecule has 0 saturated heterocycles. The Hall–Kier alpha value is -1.07. The first-order chi connectivity index (χ1) is 9.10. The van der Waals surface area contributed by atoms with E-state index in [0.29, 0.717) is 18.2 Å². The maximum absolute atomic E-state index is 12.0. The number of rotatable bonds is 8. The predicted octanol–water partition coefficient (Wildman–Crippen LogP) is 1.96. The Balaban J connectivity index is 2.71. The minimum Gasteiger partial charge on any atom is -0.382 e. The topological polar surface area (TPSA) is 59.0 Å². The maximum atomic E-state index is 12.0. The Bertz CT molecular complexity index is 447. The quantitative estimate of drug-likeness (QED) is 0.767. The normalized spacial score (nSPS) is 12.4. The van der Waals surface area contributed by atoms with E-state index in [-0.39, 0.29) is 10.6 Å². The molecule has 0 bridgehead atoms. The Morgan fingerprint density at radius 1 is 1.47 bits per heavy atom. The van der Waals surface area contributed by atoms with Crippen molar-refractivity contribution in [2.75, 3.05) is 25.5 Å². The van der Waals surface area contributed by atoms with Crippen molar-refractivity contribution in [3.05, 3.63) is 21.6 Å². The molecule has 1 rings (SSSR count). The molecule has 0 aliphatic carbocycles. The lowest BCUT2D eigenvalue weighted by Crippen LogP contribution is -2.26. The van der Waals surface area contributed by atoms with Gasteiger partial charge in [0.05, 0.1) is 11.9 Å². The van der Waals surface area contributed by atoms with Gasteiger partial charge in [-0.1, -0.05) is 31.9 Å². The van der Waals surface area contributed by atoms with Crippen molar-refractivity contribution in [1.29, 1.82) is 0 Å². The van der Waals surface area contributed by atoms with Gasteiger partial charge in [0.15, 0.2) is 0 Å². The van der Waals surface area contributed by atoms with E-state index in [1.165, 1.54) is 4.68 Å². The van der Waals surface area contributed by atoms with Gasteiger partial charge in [-0.05, 0) is 25.9 Å². The van der Waals surface area contributed by atoms with E-state index in [4.69, 9.17) is 11.6 Å². The number of halogens is 1. The molecule has 1 aromatic heterocycles. The van der Waals surface area contributed by atoms with E-state index in [2.05, 4.69) is 29.6 Å². The van der Waals surface area contributed by atoms with Crippen molar-refractivity contribution >= 4 is 17.3 Å². The molecular formula is C13H23ClN4O. The molecule has 2 N–H and O–H groups in total. The van der Waals surface area contributed by atoms with Gasteiger partial charge in [0.2, 0.25) is 0 Å². The lowest BCUT2D eigenvalue weighted by molar-refractivity contribution is 0.542. The number of hydrogen-bond donors (Lipinski definition) is 2. The summed E-state index contributed by atoms with van der Waals surface area (Å²) in [6.07, 6.45) is 3.58. The van der Waals surface area contributed by atoms with Crippen LogP contribution in [0.2, 0.25) is 5.02 Å². The van der Waals surface area contributed by atoms with Gasteiger partial charge in [0.25, 0.3) is 5.56 Å². The fourth-order valence-corrected chi connectivity index (χ4v) is 1.97. The largest absolute Gasteiger partial charge is 0.382 e. The average Bonchev–Trinajstić information content (AvgIpc) is 2.40. The van der Waals surface area contributed by atoms with Crippen LogP contribution >= 0.6 is 11.6 Å². The molecule has 1 aromatic rings. The molecule has 0 spiro atoms. The summed E-state index contributed by atoms with van der Waals surface area (Å²) in [4.78, 5) is 12.0. The highest BCUT2D eigenvalue weighted by Crippen LogP contribution is 2.15. The van der Waals surface area contributed by atoms with Crippen LogP contribution in [0.4, 0.5) is 5.69 Å². The van der Waals surface area contributed by atoms with Crippen molar-refractivity contribution in [3.63, 3.8) is 0 Å². The predicted molar refractivity (Wildman–Crippen MR) is 80.0 cm³/mol. The molecule has 108 valence electrons. The highest BCUT2D eigenvalue weighted by atomic mass is 35.5. The van der Waals surface area contributed by atoms with Crippen LogP contribution < -0.4 is 16.2 Å². The number of aromatic nitrogens is 2. The van der Waals surface area contributed by atoms with Crippen molar-refractivity contribution < 1.29 is 0 Å². The Kier molecular flexibility index (Phi) is 6.87. The molecule has 1 atom stereocenters. The molecule has 0 amide bonds. The SMILES string of the molecule is CCCCn1ncc(NCC(C)CNC)c(Cl)c1=O. The summed E-state index contributed by atoms with van der Waals surface area (Å²) in [5.41, 5.74) is 0.392. The van der Waals surface area contributed by atoms with Gasteiger partial charge < -0.3 is 10.6 Å². The Morgan fingerprint density at radius 2 is 2.21 bits per heavy atom. The van der Waals surface area contributed by atoms with Gasteiger partial charge in [-0.25, -0.2) is 4.68 Å². The lowest BCUT2D eigenvalue weighted by atomic mass is 10.2. The summed E-state index contributed by atoms with van der Waals surface area (Å²) in [6.45, 7) is 6.47. The van der Waals surface area contributed by atoms with E-state index in [0.717, 1.165) is 25.9 Å². The third kappa shape index (κ3) is 4.84. The number of nitrogens with one attached hydrogen (secondary N) is 2. The van der Waals surface area contributed by atoms with Crippen molar-refractivity contribution in [3.8, 4) is 0 Å². The second-order valence-corrected chi connectivity index (χ2v) is 5.18. The Labute approximate surface area is 119 Å². The van der Waals surface area contributed by atoms with Crippen molar-refractivity contribution in [1.82, 2.24) is 15.1 Å². The van der Waals surface area contributed by atoms with E-state index in [9.17, 15) is 4.79 Å². The summed E-state index contributed by atoms with van der Waals surface area (Å²) in [5, 5.41) is 10.6. The first-order valence-electron chi connectivity index (χ1n) is 6.74. The highest BCUT2D eigenvalue weighted by molar-refractivity contribution is 6.32. The average molecular weight is 287 g/mol. The maximum Gasteiger partial charge on any atom is 0.287 e. The van der Waals surface area contributed by atoms with Gasteiger partial charge >= 0.3 is 0 Å². The van der Waals surface area contributed by atoms with E-state index in [1.807, 2.05) is 7.05 Å². The van der Waals surface area contributed by atoms with Crippen molar-refractivity contribution in [2.24, 2.45) is 5.92 Å². The number of unbranched alkanes of at least 4 members (excludes halogenated alkanes) is 1. The second-order valence-electron chi connectivity index (χ2n) is 4.80. The van der Waals surface area contributed by atoms with Crippen LogP contribution in [-0.4, -0.2) is 29.9 Å². The van der Waals surface area contributed by atoms with Crippen LogP contribution in [-0.2, 0) is 6.54 Å². The third-order valence-electron chi connectivity index (χ3n) is 2.90. The highest BCUT2D eigenvalue weighted by Gasteiger charge is 2.09. The molecular weight excluding hydrogens is 264 g/mol. The molecule has 5 nitrogen and oxygen atoms in total. The van der Waals surface area contributed by atoms with Gasteiger partial charge in [0, 0.05) is 13.1 Å². The van der Waals surface area contributed by atoms with Crippen LogP contribution in [0, 0.1) is 5.92 Å². The number of aryl methyl sites for hydroxylation is 1. The van der Waals surface area contributed by atoms with Crippen LogP contribution in [0.1, 0.15) is 26.7 Å². The van der Waals surface area contributed by atoms with Gasteiger partial charge in [-0.2, -0.15) is 5.10 Å². The first kappa shape index (κ1) is 16.0. The fraction of sp³-hybridized carbons (Fsp3) is 0.692. The molecule has 6 heteroatoms. The van der Waals surface area contributed by atoms with Crippen LogP contribution in [0.15, 0.2) is 11.0 Å². The van der Waals surface area contributed by atoms with E-state index >= 15 is 0 Å². The molecule has 1 heterocycles. The number of nitrogens with zero attached hydrogens (tertiary/aromatic N) is 2. The van der Waals surface area contributed by atoms with Gasteiger partial charge in [0.1, 0.15) is 5.02 Å². The molecule has 1 unspecified atom stereocenters. The second kappa shape index (κ2) is 8.17. The summed E-state index contributed by atoms with van der Waals surface area (Å²) >= 11 is 6.09. The minimum absolute atomic E-state index is 0.221. The molecule has 0 fully saturated rings. The molecule has 0 aliphatic heterocycles. The number of anilines is 1. The zero-order chi connectivity index (χ0) is 14.3. The Morgan fingerprint density at radius 3 is 2.84 bits per heavy atom. The zero-order valence-corrected chi connectivity index (χ0v) is 12.6. The van der Waals surface area contributed by atoms with E-state index < -0.39 is 0 Å². The van der Waals surface area contributed by atoms with Gasteiger partial charge in [-0.3, -0.25) is 4.79 Å². The van der Waals surface area contributed by atoms with Crippen LogP contribution in [0.3, 0.4) is 0 Å². The van der Waals surface area contributed by atoms with Crippen molar-refractivity contribution in [2.45, 2.75) is 33.2 Å². The molecule has 0 aromatic carbocycles. The summed E-state index contributed by atoms with van der Waals surface area (Å²) in [6, 6.07) is 0. The number of hydrogen-bond acceptors (Lipinski definition) is 4. The lowest BCUT2D eigenvalue weighted by Gasteiger charge is -2.14. The zero-order valence-electron chi connectivity index (χ0n) is 11.9. The third-order valence-corrected chi connectivity index (χ3v) is 3.27. The summed E-state index contributed by atoms with van der Waals surface area (Å²) in [7, 11) is 1.92. The summed E-state index contributed by atoms with van der Waals surface area (Å²) in [5.74, 6) is 0.448. The minimum atomic E-state index is -0.221.